The molecule has 0 saturated heterocycles. The zero-order valence-corrected chi connectivity index (χ0v) is 11.0. The molecule has 102 valence electrons. The van der Waals surface area contributed by atoms with Crippen LogP contribution in [-0.4, -0.2) is 17.6 Å². The van der Waals surface area contributed by atoms with Crippen molar-refractivity contribution in [1.29, 1.82) is 0 Å². The van der Waals surface area contributed by atoms with Crippen LogP contribution in [0.1, 0.15) is 17.9 Å². The van der Waals surface area contributed by atoms with Crippen LogP contribution in [0.25, 0.3) is 0 Å². The van der Waals surface area contributed by atoms with Crippen LogP contribution in [0.5, 0.6) is 5.75 Å². The molecule has 0 aliphatic carbocycles. The van der Waals surface area contributed by atoms with E-state index >= 15 is 0 Å². The molecule has 3 rings (SSSR count). The lowest BCUT2D eigenvalue weighted by atomic mass is 9.97. The number of benzene rings is 2. The minimum absolute atomic E-state index is 0.0146. The number of anilines is 2. The van der Waals surface area contributed by atoms with Gasteiger partial charge in [0.15, 0.2) is 0 Å². The average molecular weight is 268 g/mol. The van der Waals surface area contributed by atoms with Gasteiger partial charge in [-0.15, -0.1) is 0 Å². The molecule has 1 amide bonds. The lowest BCUT2D eigenvalue weighted by molar-refractivity contribution is -0.116. The maximum Gasteiger partial charge on any atom is 0.225 e. The second-order valence-corrected chi connectivity index (χ2v) is 4.96. The minimum Gasteiger partial charge on any atom is -0.508 e. The summed E-state index contributed by atoms with van der Waals surface area (Å²) in [6.45, 7) is 0.794. The van der Waals surface area contributed by atoms with Crippen LogP contribution in [0.15, 0.2) is 48.5 Å². The molecule has 1 atom stereocenters. The third-order valence-corrected chi connectivity index (χ3v) is 3.52. The fourth-order valence-electron chi connectivity index (χ4n) is 2.52. The number of carbonyl (C=O) groups excluding carboxylic acids is 1. The van der Waals surface area contributed by atoms with Crippen LogP contribution in [0.4, 0.5) is 11.4 Å². The van der Waals surface area contributed by atoms with Crippen molar-refractivity contribution in [2.45, 2.75) is 12.3 Å². The number of phenols is 1. The number of hydrogen-bond acceptors (Lipinski definition) is 3. The van der Waals surface area contributed by atoms with E-state index in [0.717, 1.165) is 12.2 Å². The normalized spacial score (nSPS) is 16.3. The van der Waals surface area contributed by atoms with Crippen LogP contribution >= 0.6 is 0 Å². The molecule has 3 N–H and O–H groups in total. The van der Waals surface area contributed by atoms with E-state index in [2.05, 4.69) is 16.7 Å². The zero-order valence-electron chi connectivity index (χ0n) is 11.0. The molecule has 0 spiro atoms. The van der Waals surface area contributed by atoms with Gasteiger partial charge in [0.05, 0.1) is 0 Å². The summed E-state index contributed by atoms with van der Waals surface area (Å²) in [5.41, 5.74) is 3.02. The monoisotopic (exact) mass is 268 g/mol. The van der Waals surface area contributed by atoms with E-state index in [1.54, 1.807) is 24.3 Å². The predicted molar refractivity (Wildman–Crippen MR) is 79.0 cm³/mol. The second-order valence-electron chi connectivity index (χ2n) is 4.96. The Hall–Kier alpha value is -2.49. The van der Waals surface area contributed by atoms with E-state index in [1.807, 2.05) is 18.2 Å². The Morgan fingerprint density at radius 3 is 2.75 bits per heavy atom. The summed E-state index contributed by atoms with van der Waals surface area (Å²) in [6.07, 6.45) is 0.449. The van der Waals surface area contributed by atoms with Crippen molar-refractivity contribution in [3.63, 3.8) is 0 Å². The highest BCUT2D eigenvalue weighted by Gasteiger charge is 2.23. The van der Waals surface area contributed by atoms with E-state index in [0.29, 0.717) is 12.1 Å². The fraction of sp³-hybridized carbons (Fsp3) is 0.188. The Morgan fingerprint density at radius 1 is 1.20 bits per heavy atom. The molecule has 0 saturated carbocycles. The Labute approximate surface area is 117 Å². The number of phenolic OH excluding ortho intramolecular Hbond substituents is 1. The molecule has 0 aromatic heterocycles. The van der Waals surface area contributed by atoms with Crippen molar-refractivity contribution < 1.29 is 9.90 Å². The minimum atomic E-state index is -0.0146. The van der Waals surface area contributed by atoms with Gasteiger partial charge in [0.25, 0.3) is 0 Å². The number of rotatable bonds is 3. The molecular formula is C16H16N2O2. The highest BCUT2D eigenvalue weighted by molar-refractivity contribution is 5.91. The first-order valence-corrected chi connectivity index (χ1v) is 6.64. The van der Waals surface area contributed by atoms with Gasteiger partial charge in [0, 0.05) is 30.3 Å². The van der Waals surface area contributed by atoms with Gasteiger partial charge >= 0.3 is 0 Å². The van der Waals surface area contributed by atoms with Gasteiger partial charge in [-0.3, -0.25) is 4.79 Å². The van der Waals surface area contributed by atoms with Crippen molar-refractivity contribution in [1.82, 2.24) is 0 Å². The van der Waals surface area contributed by atoms with Gasteiger partial charge in [-0.25, -0.2) is 0 Å². The van der Waals surface area contributed by atoms with Gasteiger partial charge in [-0.1, -0.05) is 18.2 Å². The first kappa shape index (κ1) is 12.5. The standard InChI is InChI=1S/C16H16N2O2/c19-13-7-5-12(6-8-13)18-16(20)9-11-10-17-15-4-2-1-3-14(11)15/h1-8,11,17,19H,9-10H2,(H,18,20). The number of aromatic hydroxyl groups is 1. The fourth-order valence-corrected chi connectivity index (χ4v) is 2.52. The molecule has 1 unspecified atom stereocenters. The largest absolute Gasteiger partial charge is 0.508 e. The maximum absolute atomic E-state index is 12.1. The molecule has 20 heavy (non-hydrogen) atoms. The van der Waals surface area contributed by atoms with E-state index in [1.165, 1.54) is 5.56 Å². The molecule has 0 fully saturated rings. The van der Waals surface area contributed by atoms with Crippen LogP contribution in [0, 0.1) is 0 Å². The lowest BCUT2D eigenvalue weighted by Crippen LogP contribution is -2.16. The summed E-state index contributed by atoms with van der Waals surface area (Å²) in [4.78, 5) is 12.1. The lowest BCUT2D eigenvalue weighted by Gasteiger charge is -2.10. The Bertz CT molecular complexity index is 623. The first-order chi connectivity index (χ1) is 9.72. The van der Waals surface area contributed by atoms with E-state index < -0.39 is 0 Å². The number of carbonyl (C=O) groups is 1. The van der Waals surface area contributed by atoms with Crippen molar-refractivity contribution in [2.75, 3.05) is 17.2 Å². The number of nitrogens with one attached hydrogen (secondary N) is 2. The topological polar surface area (TPSA) is 61.4 Å². The molecule has 1 heterocycles. The Morgan fingerprint density at radius 2 is 1.95 bits per heavy atom. The molecule has 2 aromatic carbocycles. The third kappa shape index (κ3) is 2.59. The second kappa shape index (κ2) is 5.25. The van der Waals surface area contributed by atoms with Crippen LogP contribution in [0.2, 0.25) is 0 Å². The number of fused-ring (bicyclic) bond motifs is 1. The zero-order chi connectivity index (χ0) is 13.9. The summed E-state index contributed by atoms with van der Waals surface area (Å²) < 4.78 is 0. The third-order valence-electron chi connectivity index (χ3n) is 3.52. The molecule has 0 bridgehead atoms. The van der Waals surface area contributed by atoms with Crippen molar-refractivity contribution >= 4 is 17.3 Å². The molecular weight excluding hydrogens is 252 g/mol. The highest BCUT2D eigenvalue weighted by Crippen LogP contribution is 2.33. The van der Waals surface area contributed by atoms with Crippen LogP contribution in [-0.2, 0) is 4.79 Å². The summed E-state index contributed by atoms with van der Waals surface area (Å²) in [6, 6.07) is 14.6. The summed E-state index contributed by atoms with van der Waals surface area (Å²) in [7, 11) is 0. The van der Waals surface area contributed by atoms with Crippen molar-refractivity contribution in [3.05, 3.63) is 54.1 Å². The maximum atomic E-state index is 12.1. The SMILES string of the molecule is O=C(CC1CNc2ccccc21)Nc1ccc(O)cc1. The van der Waals surface area contributed by atoms with Crippen LogP contribution in [0.3, 0.4) is 0 Å². The smallest absolute Gasteiger partial charge is 0.225 e. The Kier molecular flexibility index (Phi) is 3.29. The molecule has 4 nitrogen and oxygen atoms in total. The molecule has 4 heteroatoms. The van der Waals surface area contributed by atoms with Crippen molar-refractivity contribution in [3.8, 4) is 5.75 Å². The van der Waals surface area contributed by atoms with Gasteiger partial charge in [0.2, 0.25) is 5.91 Å². The quantitative estimate of drug-likeness (QED) is 0.750. The molecule has 2 aromatic rings. The first-order valence-electron chi connectivity index (χ1n) is 6.64. The van der Waals surface area contributed by atoms with Gasteiger partial charge < -0.3 is 15.7 Å². The number of amides is 1. The van der Waals surface area contributed by atoms with Gasteiger partial charge in [-0.2, -0.15) is 0 Å². The van der Waals surface area contributed by atoms with E-state index in [9.17, 15) is 9.90 Å². The van der Waals surface area contributed by atoms with E-state index in [-0.39, 0.29) is 17.6 Å². The summed E-state index contributed by atoms with van der Waals surface area (Å²) in [5, 5.41) is 15.4. The highest BCUT2D eigenvalue weighted by atomic mass is 16.3. The predicted octanol–water partition coefficient (Wildman–Crippen LogP) is 2.93. The van der Waals surface area contributed by atoms with E-state index in [4.69, 9.17) is 0 Å². The average Bonchev–Trinajstić information content (AvgIpc) is 2.85. The summed E-state index contributed by atoms with van der Waals surface area (Å²) >= 11 is 0. The van der Waals surface area contributed by atoms with Crippen LogP contribution < -0.4 is 10.6 Å². The molecule has 0 radical (unpaired) electrons. The van der Waals surface area contributed by atoms with Gasteiger partial charge in [-0.05, 0) is 35.9 Å². The number of hydrogen-bond donors (Lipinski definition) is 3. The Balaban J connectivity index is 1.64. The molecule has 1 aliphatic heterocycles. The molecule has 1 aliphatic rings. The van der Waals surface area contributed by atoms with Gasteiger partial charge in [0.1, 0.15) is 5.75 Å². The summed E-state index contributed by atoms with van der Waals surface area (Å²) in [5.74, 6) is 0.388. The van der Waals surface area contributed by atoms with Crippen molar-refractivity contribution in [2.24, 2.45) is 0 Å². The number of para-hydroxylation sites is 1.